The number of nitrogens with one attached hydrogen (secondary N) is 2. The molecule has 15 nitrogen and oxygen atoms in total. The quantitative estimate of drug-likeness (QED) is 0.0282. The van der Waals surface area contributed by atoms with Gasteiger partial charge in [-0.15, -0.1) is 0 Å². The minimum Gasteiger partial charge on any atom is -0.462 e. The van der Waals surface area contributed by atoms with Crippen LogP contribution < -0.4 is 22.1 Å². The van der Waals surface area contributed by atoms with Crippen molar-refractivity contribution in [3.05, 3.63) is 170 Å². The number of carbonyl (C=O) groups excluding carboxylic acids is 4. The second-order valence-corrected chi connectivity index (χ2v) is 31.3. The Hall–Kier alpha value is -7.52. The Balaban J connectivity index is 0.000000137. The zero-order chi connectivity index (χ0) is 70.2. The number of pyridine rings is 1. The van der Waals surface area contributed by atoms with Crippen molar-refractivity contribution in [2.24, 2.45) is 58.2 Å². The standard InChI is InChI=1S/C26H32N2O2.C25H31N3O2.C17H25NO2.C16H22ClNO2/c1-2-30-25(29)22-3-4-23(24(12-22)28-17-18-5-7-27-8-6-18)16-26-13-19-9-20(14-26)11-21(10-19)15-26;1-2-30-24(29)20-3-4-21(23(10-20)27-15-22-5-6-26-16-28-22)14-25-11-17-7-18(12-25)9-19(8-17)13-25;1-3-20-17(19)15-11-16(18)14(9-12(15)2)10-13-7-5-4-6-8-13;1-2-20-16(19)13-10-15(18)12(9-14(13)17)8-11-6-4-3-5-7-11/h3-8,12,19-21,28H,2,9-11,13-17H2,1H3;3-6,10,16-19,27H,2,7-9,11-15H2,1H3;9,11,13H,3-8,10,18H2,1-2H3;9-11H,2-8,18H2,1H3. The van der Waals surface area contributed by atoms with Crippen molar-refractivity contribution in [1.29, 1.82) is 0 Å². The number of nitrogens with zero attached hydrogens (tertiary/aromatic N) is 3. The molecular weight excluding hydrogens is 1270 g/mol. The number of hydrogen-bond acceptors (Lipinski definition) is 15. The molecule has 10 aliphatic carbocycles. The van der Waals surface area contributed by atoms with Crippen LogP contribution in [0.5, 0.6) is 0 Å². The van der Waals surface area contributed by atoms with Crippen molar-refractivity contribution in [2.45, 2.75) is 215 Å². The van der Waals surface area contributed by atoms with E-state index in [1.807, 2.05) is 88.6 Å². The Bertz CT molecular complexity index is 3410. The number of nitrogen functional groups attached to an aromatic ring is 2. The van der Waals surface area contributed by atoms with Crippen LogP contribution in [-0.4, -0.2) is 65.3 Å². The summed E-state index contributed by atoms with van der Waals surface area (Å²) in [5.74, 6) is 5.90. The lowest BCUT2D eigenvalue weighted by Gasteiger charge is -2.57. The average Bonchev–Trinajstić information content (AvgIpc) is 0.751. The van der Waals surface area contributed by atoms with Crippen LogP contribution in [0.3, 0.4) is 0 Å². The number of esters is 4. The maximum Gasteiger partial charge on any atom is 0.339 e. The van der Waals surface area contributed by atoms with Gasteiger partial charge in [-0.1, -0.05) is 94.0 Å². The summed E-state index contributed by atoms with van der Waals surface area (Å²) in [6.45, 7) is 12.1. The molecule has 2 aromatic heterocycles. The van der Waals surface area contributed by atoms with Crippen LogP contribution in [0.25, 0.3) is 0 Å². The molecule has 100 heavy (non-hydrogen) atoms. The zero-order valence-electron chi connectivity index (χ0n) is 60.2. The van der Waals surface area contributed by atoms with E-state index in [1.165, 1.54) is 164 Å². The van der Waals surface area contributed by atoms with Gasteiger partial charge in [-0.25, -0.2) is 29.1 Å². The van der Waals surface area contributed by atoms with Gasteiger partial charge < -0.3 is 41.0 Å². The molecular formula is C84H110ClN7O8. The van der Waals surface area contributed by atoms with Crippen molar-refractivity contribution in [3.63, 3.8) is 0 Å². The summed E-state index contributed by atoms with van der Waals surface area (Å²) in [5, 5.41) is 7.60. The number of aryl methyl sites for hydroxylation is 1. The number of hydrogen-bond donors (Lipinski definition) is 4. The molecule has 10 aliphatic rings. The van der Waals surface area contributed by atoms with Gasteiger partial charge in [-0.2, -0.15) is 0 Å². The zero-order valence-corrected chi connectivity index (χ0v) is 61.0. The van der Waals surface area contributed by atoms with Gasteiger partial charge in [0, 0.05) is 47.9 Å². The highest BCUT2D eigenvalue weighted by Crippen LogP contribution is 2.63. The van der Waals surface area contributed by atoms with Crippen LogP contribution in [0, 0.1) is 65.1 Å². The van der Waals surface area contributed by atoms with E-state index < -0.39 is 5.97 Å². The first-order chi connectivity index (χ1) is 48.5. The summed E-state index contributed by atoms with van der Waals surface area (Å²) in [4.78, 5) is 60.7. The number of halogens is 1. The third kappa shape index (κ3) is 19.6. The third-order valence-electron chi connectivity index (χ3n) is 23.2. The summed E-state index contributed by atoms with van der Waals surface area (Å²) < 4.78 is 20.5. The van der Waals surface area contributed by atoms with Crippen molar-refractivity contribution >= 4 is 58.2 Å². The molecule has 0 aliphatic heterocycles. The summed E-state index contributed by atoms with van der Waals surface area (Å²) in [6, 6.07) is 25.5. The molecule has 8 bridgehead atoms. The SMILES string of the molecule is CCOC(=O)c1cc(N)c(CC2CCCCC2)cc1C.CCOC(=O)c1cc(N)c(CC2CCCCC2)cc1Cl.CCOC(=O)c1ccc(CC23CC4CC(CC(C4)C2)C3)c(NCc2ccncc2)c1.CCOC(=O)c1ccc(CC23CC4CC(CC(C4)C2)C3)c(NCc2ccncn2)c1. The fraction of sp³-hybridized carbons (Fsp3) is 0.560. The van der Waals surface area contributed by atoms with E-state index in [9.17, 15) is 19.2 Å². The lowest BCUT2D eigenvalue weighted by atomic mass is 9.48. The Morgan fingerprint density at radius 1 is 0.480 bits per heavy atom. The highest BCUT2D eigenvalue weighted by molar-refractivity contribution is 6.33. The number of anilines is 4. The van der Waals surface area contributed by atoms with Crippen LogP contribution in [0.2, 0.25) is 5.02 Å². The number of nitrogens with two attached hydrogens (primary N) is 2. The number of carbonyl (C=O) groups is 4. The smallest absolute Gasteiger partial charge is 0.339 e. The van der Waals surface area contributed by atoms with Crippen LogP contribution in [0.4, 0.5) is 22.7 Å². The van der Waals surface area contributed by atoms with Gasteiger partial charge >= 0.3 is 23.9 Å². The first kappa shape index (κ1) is 73.7. The average molecular weight is 1380 g/mol. The lowest BCUT2D eigenvalue weighted by molar-refractivity contribution is -0.0522. The molecule has 2 heterocycles. The monoisotopic (exact) mass is 1380 g/mol. The second-order valence-electron chi connectivity index (χ2n) is 30.9. The second kappa shape index (κ2) is 34.9. The van der Waals surface area contributed by atoms with E-state index in [0.717, 1.165) is 108 Å². The maximum atomic E-state index is 12.3. The Kier molecular flexibility index (Phi) is 25.7. The molecule has 0 saturated heterocycles. The van der Waals surface area contributed by atoms with Gasteiger partial charge in [0.1, 0.15) is 6.33 Å². The predicted molar refractivity (Wildman–Crippen MR) is 398 cm³/mol. The maximum absolute atomic E-state index is 12.3. The molecule has 16 heteroatoms. The highest BCUT2D eigenvalue weighted by Gasteiger charge is 2.52. The van der Waals surface area contributed by atoms with E-state index in [1.54, 1.807) is 31.6 Å². The van der Waals surface area contributed by atoms with Crippen LogP contribution in [-0.2, 0) is 57.7 Å². The largest absolute Gasteiger partial charge is 0.462 e. The lowest BCUT2D eigenvalue weighted by Crippen LogP contribution is -2.47. The Labute approximate surface area is 599 Å². The molecule has 0 unspecified atom stereocenters. The summed E-state index contributed by atoms with van der Waals surface area (Å²) in [5.41, 5.74) is 26.8. The van der Waals surface area contributed by atoms with Gasteiger partial charge in [0.05, 0.1) is 65.9 Å². The molecule has 6 N–H and O–H groups in total. The number of benzene rings is 4. The van der Waals surface area contributed by atoms with E-state index in [4.69, 9.17) is 42.0 Å². The third-order valence-corrected chi connectivity index (χ3v) is 23.5. The highest BCUT2D eigenvalue weighted by atomic mass is 35.5. The molecule has 0 radical (unpaired) electrons. The molecule has 0 spiro atoms. The topological polar surface area (TPSA) is 220 Å². The van der Waals surface area contributed by atoms with Crippen molar-refractivity contribution in [3.8, 4) is 0 Å². The first-order valence-corrected chi connectivity index (χ1v) is 38.4. The summed E-state index contributed by atoms with van der Waals surface area (Å²) in [6.07, 6.45) is 41.4. The fourth-order valence-electron chi connectivity index (χ4n) is 19.6. The number of rotatable bonds is 22. The van der Waals surface area contributed by atoms with E-state index in [0.29, 0.717) is 82.7 Å². The summed E-state index contributed by atoms with van der Waals surface area (Å²) in [7, 11) is 0. The van der Waals surface area contributed by atoms with Gasteiger partial charge in [0.25, 0.3) is 0 Å². The Morgan fingerprint density at radius 3 is 1.33 bits per heavy atom. The molecule has 6 aromatic rings. The van der Waals surface area contributed by atoms with Crippen LogP contribution in [0.15, 0.2) is 104 Å². The van der Waals surface area contributed by atoms with Crippen molar-refractivity contribution < 1.29 is 38.1 Å². The molecule has 4 aromatic carbocycles. The van der Waals surface area contributed by atoms with Crippen molar-refractivity contribution in [1.82, 2.24) is 15.0 Å². The predicted octanol–water partition coefficient (Wildman–Crippen LogP) is 18.8. The van der Waals surface area contributed by atoms with Crippen molar-refractivity contribution in [2.75, 3.05) is 48.5 Å². The molecule has 536 valence electrons. The number of aromatic nitrogens is 3. The Morgan fingerprint density at radius 2 is 0.890 bits per heavy atom. The molecule has 10 fully saturated rings. The van der Waals surface area contributed by atoms with Gasteiger partial charge in [-0.3, -0.25) is 4.98 Å². The van der Waals surface area contributed by atoms with E-state index >= 15 is 0 Å². The first-order valence-electron chi connectivity index (χ1n) is 38.0. The fourth-order valence-corrected chi connectivity index (χ4v) is 19.8. The number of ether oxygens (including phenoxy) is 4. The summed E-state index contributed by atoms with van der Waals surface area (Å²) >= 11 is 6.19. The van der Waals surface area contributed by atoms with Gasteiger partial charge in [-0.05, 0) is 290 Å². The van der Waals surface area contributed by atoms with Gasteiger partial charge in [0.2, 0.25) is 0 Å². The van der Waals surface area contributed by atoms with Crippen LogP contribution >= 0.6 is 11.6 Å². The molecule has 16 rings (SSSR count). The van der Waals surface area contributed by atoms with E-state index in [-0.39, 0.29) is 17.9 Å². The molecule has 10 saturated carbocycles. The van der Waals surface area contributed by atoms with E-state index in [2.05, 4.69) is 43.8 Å². The normalized spacial score (nSPS) is 23.9. The van der Waals surface area contributed by atoms with Crippen LogP contribution in [0.1, 0.15) is 249 Å². The molecule has 0 atom stereocenters. The minimum atomic E-state index is -0.409. The van der Waals surface area contributed by atoms with Gasteiger partial charge in [0.15, 0.2) is 0 Å². The minimum absolute atomic E-state index is 0.245. The molecule has 0 amide bonds.